The first kappa shape index (κ1) is 11.2. The van der Waals surface area contributed by atoms with Gasteiger partial charge in [0.15, 0.2) is 0 Å². The summed E-state index contributed by atoms with van der Waals surface area (Å²) in [4.78, 5) is 4.40. The molecule has 1 aliphatic rings. The smallest absolute Gasteiger partial charge is 0.202 e. The van der Waals surface area contributed by atoms with E-state index in [9.17, 15) is 0 Å². The molecule has 0 aromatic carbocycles. The van der Waals surface area contributed by atoms with Gasteiger partial charge in [0.25, 0.3) is 0 Å². The molecule has 0 spiro atoms. The summed E-state index contributed by atoms with van der Waals surface area (Å²) >= 11 is 3.57. The molecule has 0 aliphatic carbocycles. The maximum Gasteiger partial charge on any atom is 0.202 e. The number of thioether (sulfide) groups is 1. The Balaban J connectivity index is 1.76. The van der Waals surface area contributed by atoms with Crippen LogP contribution in [0.4, 0.5) is 5.13 Å². The van der Waals surface area contributed by atoms with E-state index in [1.807, 2.05) is 0 Å². The third-order valence-electron chi connectivity index (χ3n) is 2.54. The quantitative estimate of drug-likeness (QED) is 0.882. The minimum Gasteiger partial charge on any atom is -0.359 e. The van der Waals surface area contributed by atoms with E-state index in [4.69, 9.17) is 0 Å². The highest BCUT2D eigenvalue weighted by atomic mass is 32.2. The second kappa shape index (κ2) is 5.70. The molecule has 2 heterocycles. The first-order valence-electron chi connectivity index (χ1n) is 5.56. The summed E-state index contributed by atoms with van der Waals surface area (Å²) in [6.07, 6.45) is 5.04. The number of aromatic nitrogens is 2. The maximum atomic E-state index is 4.40. The molecule has 84 valence electrons. The van der Waals surface area contributed by atoms with Crippen LogP contribution in [0.1, 0.15) is 32.0 Å². The van der Waals surface area contributed by atoms with Gasteiger partial charge in [0.2, 0.25) is 5.13 Å². The van der Waals surface area contributed by atoms with Crippen LogP contribution in [0.25, 0.3) is 0 Å². The van der Waals surface area contributed by atoms with Crippen LogP contribution in [0.3, 0.4) is 0 Å². The molecule has 1 aliphatic heterocycles. The number of hydrogen-bond acceptors (Lipinski definition) is 5. The zero-order chi connectivity index (χ0) is 10.5. The zero-order valence-corrected chi connectivity index (χ0v) is 10.7. The van der Waals surface area contributed by atoms with Gasteiger partial charge in [0.1, 0.15) is 5.82 Å². The molecular formula is C10H17N3S2. The van der Waals surface area contributed by atoms with Crippen molar-refractivity contribution in [3.63, 3.8) is 0 Å². The van der Waals surface area contributed by atoms with E-state index in [0.29, 0.717) is 0 Å². The summed E-state index contributed by atoms with van der Waals surface area (Å²) in [7, 11) is 0. The van der Waals surface area contributed by atoms with Gasteiger partial charge in [-0.2, -0.15) is 16.1 Å². The van der Waals surface area contributed by atoms with E-state index >= 15 is 0 Å². The van der Waals surface area contributed by atoms with Gasteiger partial charge in [-0.25, -0.2) is 4.98 Å². The normalized spacial score (nSPS) is 21.5. The summed E-state index contributed by atoms with van der Waals surface area (Å²) < 4.78 is 4.26. The molecule has 0 radical (unpaired) electrons. The Bertz CT molecular complexity index is 295. The number of nitrogens with one attached hydrogen (secondary N) is 1. The largest absolute Gasteiger partial charge is 0.359 e. The molecule has 2 rings (SSSR count). The van der Waals surface area contributed by atoms with Gasteiger partial charge in [-0.1, -0.05) is 13.3 Å². The van der Waals surface area contributed by atoms with E-state index in [0.717, 1.165) is 29.2 Å². The fourth-order valence-corrected chi connectivity index (χ4v) is 3.53. The molecule has 1 unspecified atom stereocenters. The van der Waals surface area contributed by atoms with Crippen molar-refractivity contribution in [3.8, 4) is 0 Å². The number of rotatable bonds is 4. The molecular weight excluding hydrogens is 226 g/mol. The summed E-state index contributed by atoms with van der Waals surface area (Å²) in [5.74, 6) is 2.28. The number of anilines is 1. The Morgan fingerprint density at radius 2 is 2.40 bits per heavy atom. The summed E-state index contributed by atoms with van der Waals surface area (Å²) in [6.45, 7) is 3.13. The minimum absolute atomic E-state index is 0.771. The molecule has 1 aromatic rings. The number of nitrogens with zero attached hydrogens (tertiary/aromatic N) is 2. The van der Waals surface area contributed by atoms with Crippen molar-refractivity contribution in [2.24, 2.45) is 0 Å². The lowest BCUT2D eigenvalue weighted by Gasteiger charge is -2.20. The van der Waals surface area contributed by atoms with Crippen molar-refractivity contribution in [2.75, 3.05) is 17.6 Å². The van der Waals surface area contributed by atoms with Crippen LogP contribution >= 0.6 is 23.3 Å². The predicted octanol–water partition coefficient (Wildman–Crippen LogP) is 2.80. The lowest BCUT2D eigenvalue weighted by atomic mass is 10.2. The number of hydrogen-bond donors (Lipinski definition) is 1. The minimum atomic E-state index is 0.771. The first-order valence-corrected chi connectivity index (χ1v) is 7.38. The summed E-state index contributed by atoms with van der Waals surface area (Å²) in [6, 6.07) is 0. The standard InChI is InChI=1S/C10H17N3S2/c1-2-9-12-10(15-13-9)11-7-8-5-3-4-6-14-8/h8H,2-7H2,1H3,(H,11,12,13). The average Bonchev–Trinajstić information content (AvgIpc) is 2.76. The van der Waals surface area contributed by atoms with Crippen LogP contribution in [-0.2, 0) is 6.42 Å². The SMILES string of the molecule is CCc1nsc(NCC2CCCCS2)n1. The van der Waals surface area contributed by atoms with Crippen LogP contribution in [0.15, 0.2) is 0 Å². The van der Waals surface area contributed by atoms with E-state index in [-0.39, 0.29) is 0 Å². The molecule has 3 nitrogen and oxygen atoms in total. The number of aryl methyl sites for hydroxylation is 1. The molecule has 5 heteroatoms. The topological polar surface area (TPSA) is 37.8 Å². The Kier molecular flexibility index (Phi) is 4.26. The van der Waals surface area contributed by atoms with E-state index in [1.54, 1.807) is 0 Å². The van der Waals surface area contributed by atoms with Gasteiger partial charge in [0.05, 0.1) is 0 Å². The molecule has 0 bridgehead atoms. The van der Waals surface area contributed by atoms with Gasteiger partial charge in [0, 0.05) is 29.7 Å². The van der Waals surface area contributed by atoms with Crippen molar-refractivity contribution in [1.82, 2.24) is 9.36 Å². The third kappa shape index (κ3) is 3.34. The van der Waals surface area contributed by atoms with Gasteiger partial charge in [-0.05, 0) is 18.6 Å². The lowest BCUT2D eigenvalue weighted by molar-refractivity contribution is 0.677. The highest BCUT2D eigenvalue weighted by molar-refractivity contribution is 7.99. The molecule has 1 saturated heterocycles. The Labute approximate surface area is 99.2 Å². The summed E-state index contributed by atoms with van der Waals surface area (Å²) in [5.41, 5.74) is 0. The van der Waals surface area contributed by atoms with Crippen LogP contribution < -0.4 is 5.32 Å². The maximum absolute atomic E-state index is 4.40. The average molecular weight is 243 g/mol. The third-order valence-corrected chi connectivity index (χ3v) is 4.65. The lowest BCUT2D eigenvalue weighted by Crippen LogP contribution is -2.19. The van der Waals surface area contributed by atoms with E-state index in [2.05, 4.69) is 33.4 Å². The fraction of sp³-hybridized carbons (Fsp3) is 0.800. The van der Waals surface area contributed by atoms with Gasteiger partial charge in [-0.15, -0.1) is 0 Å². The van der Waals surface area contributed by atoms with Crippen LogP contribution in [-0.4, -0.2) is 26.9 Å². The second-order valence-electron chi connectivity index (χ2n) is 3.74. The molecule has 1 fully saturated rings. The van der Waals surface area contributed by atoms with Crippen molar-refractivity contribution in [3.05, 3.63) is 5.82 Å². The molecule has 0 saturated carbocycles. The highest BCUT2D eigenvalue weighted by Crippen LogP contribution is 2.25. The second-order valence-corrected chi connectivity index (χ2v) is 5.90. The van der Waals surface area contributed by atoms with Crippen molar-refractivity contribution in [2.45, 2.75) is 37.9 Å². The van der Waals surface area contributed by atoms with Crippen molar-refractivity contribution >= 4 is 28.4 Å². The van der Waals surface area contributed by atoms with Crippen molar-refractivity contribution < 1.29 is 0 Å². The summed E-state index contributed by atoms with van der Waals surface area (Å²) in [5, 5.41) is 5.15. The van der Waals surface area contributed by atoms with Crippen LogP contribution in [0, 0.1) is 0 Å². The highest BCUT2D eigenvalue weighted by Gasteiger charge is 2.14. The van der Waals surface area contributed by atoms with Crippen LogP contribution in [0.2, 0.25) is 0 Å². The molecule has 1 N–H and O–H groups in total. The van der Waals surface area contributed by atoms with Gasteiger partial charge in [-0.3, -0.25) is 0 Å². The van der Waals surface area contributed by atoms with Crippen LogP contribution in [0.5, 0.6) is 0 Å². The van der Waals surface area contributed by atoms with Crippen molar-refractivity contribution in [1.29, 1.82) is 0 Å². The Morgan fingerprint density at radius 3 is 3.07 bits per heavy atom. The predicted molar refractivity (Wildman–Crippen MR) is 67.9 cm³/mol. The Hall–Kier alpha value is -0.290. The monoisotopic (exact) mass is 243 g/mol. The first-order chi connectivity index (χ1) is 7.38. The van der Waals surface area contributed by atoms with E-state index < -0.39 is 0 Å². The van der Waals surface area contributed by atoms with E-state index in [1.165, 1.54) is 36.5 Å². The molecule has 15 heavy (non-hydrogen) atoms. The fourth-order valence-electron chi connectivity index (χ4n) is 1.64. The zero-order valence-electron chi connectivity index (χ0n) is 9.03. The van der Waals surface area contributed by atoms with Gasteiger partial charge >= 0.3 is 0 Å². The molecule has 1 atom stereocenters. The molecule has 1 aromatic heterocycles. The Morgan fingerprint density at radius 1 is 1.47 bits per heavy atom. The molecule has 0 amide bonds. The van der Waals surface area contributed by atoms with Gasteiger partial charge < -0.3 is 5.32 Å².